The number of likely N-dealkylation sites (N-methyl/N-ethyl adjacent to an activating group) is 1. The second-order valence-electron chi connectivity index (χ2n) is 7.16. The summed E-state index contributed by atoms with van der Waals surface area (Å²) in [5.74, 6) is -0.577. The monoisotopic (exact) mass is 382 g/mol. The minimum absolute atomic E-state index is 0.287. The van der Waals surface area contributed by atoms with Crippen LogP contribution in [0.1, 0.15) is 16.7 Å². The molecule has 4 nitrogen and oxygen atoms in total. The number of nitrogens with zero attached hydrogens (tertiary/aromatic N) is 2. The molecule has 0 N–H and O–H groups in total. The van der Waals surface area contributed by atoms with E-state index in [2.05, 4.69) is 0 Å². The van der Waals surface area contributed by atoms with Gasteiger partial charge in [0.2, 0.25) is 0 Å². The van der Waals surface area contributed by atoms with Crippen LogP contribution in [0.3, 0.4) is 0 Å². The van der Waals surface area contributed by atoms with E-state index < -0.39 is 0 Å². The highest BCUT2D eigenvalue weighted by molar-refractivity contribution is 6.45. The molecule has 0 saturated carbocycles. The smallest absolute Gasteiger partial charge is 0.282 e. The van der Waals surface area contributed by atoms with Crippen LogP contribution in [0.15, 0.2) is 90.6 Å². The van der Waals surface area contributed by atoms with E-state index in [1.807, 2.05) is 104 Å². The largest absolute Gasteiger partial charge is 0.365 e. The molecular weight excluding hydrogens is 360 g/mol. The van der Waals surface area contributed by atoms with Crippen LogP contribution in [0.25, 0.3) is 5.57 Å². The van der Waals surface area contributed by atoms with Gasteiger partial charge in [0.25, 0.3) is 11.8 Å². The summed E-state index contributed by atoms with van der Waals surface area (Å²) in [6.07, 6.45) is 0. The van der Waals surface area contributed by atoms with E-state index in [9.17, 15) is 9.59 Å². The number of imide groups is 1. The molecule has 0 saturated heterocycles. The maximum absolute atomic E-state index is 13.5. The number of amides is 2. The van der Waals surface area contributed by atoms with E-state index in [1.54, 1.807) is 0 Å². The van der Waals surface area contributed by atoms with Crippen molar-refractivity contribution in [1.29, 1.82) is 0 Å². The lowest BCUT2D eigenvalue weighted by atomic mass is 10.0. The zero-order chi connectivity index (χ0) is 20.4. The number of carbonyl (C=O) groups excluding carboxylic acids is 2. The zero-order valence-corrected chi connectivity index (χ0v) is 16.5. The molecule has 29 heavy (non-hydrogen) atoms. The molecule has 1 aliphatic heterocycles. The Balaban J connectivity index is 1.81. The molecule has 4 rings (SSSR count). The Kier molecular flexibility index (Phi) is 5.00. The van der Waals surface area contributed by atoms with E-state index in [4.69, 9.17) is 0 Å². The highest BCUT2D eigenvalue weighted by Gasteiger charge is 2.42. The fourth-order valence-corrected chi connectivity index (χ4v) is 3.71. The Bertz CT molecular complexity index is 1090. The molecule has 0 spiro atoms. The third-order valence-electron chi connectivity index (χ3n) is 5.12. The number of anilines is 1. The fourth-order valence-electron chi connectivity index (χ4n) is 3.71. The minimum atomic E-state index is -0.290. The van der Waals surface area contributed by atoms with Crippen molar-refractivity contribution in [2.75, 3.05) is 11.9 Å². The summed E-state index contributed by atoms with van der Waals surface area (Å²) in [6.45, 7) is 2.44. The Labute approximate surface area is 170 Å². The van der Waals surface area contributed by atoms with Gasteiger partial charge in [0.15, 0.2) is 0 Å². The molecule has 1 heterocycles. The molecular formula is C25H22N2O2. The Morgan fingerprint density at radius 2 is 1.34 bits per heavy atom. The van der Waals surface area contributed by atoms with Crippen molar-refractivity contribution in [2.45, 2.75) is 13.5 Å². The highest BCUT2D eigenvalue weighted by Crippen LogP contribution is 2.35. The van der Waals surface area contributed by atoms with Gasteiger partial charge in [-0.05, 0) is 29.7 Å². The Hall–Kier alpha value is -3.66. The number of para-hydroxylation sites is 1. The van der Waals surface area contributed by atoms with Gasteiger partial charge in [0.05, 0.1) is 11.3 Å². The number of hydrogen-bond acceptors (Lipinski definition) is 3. The number of carbonyl (C=O) groups is 2. The van der Waals surface area contributed by atoms with Gasteiger partial charge in [-0.3, -0.25) is 9.59 Å². The quantitative estimate of drug-likeness (QED) is 0.614. The lowest BCUT2D eigenvalue weighted by Crippen LogP contribution is -2.34. The van der Waals surface area contributed by atoms with E-state index >= 15 is 0 Å². The van der Waals surface area contributed by atoms with Gasteiger partial charge in [-0.2, -0.15) is 0 Å². The SMILES string of the molecule is Cc1ccccc1N1C(=O)C(c2ccccc2)=C(N(C)Cc2ccccc2)C1=O. The number of hydrogen-bond donors (Lipinski definition) is 0. The van der Waals surface area contributed by atoms with Crippen LogP contribution in [0.5, 0.6) is 0 Å². The first kappa shape index (κ1) is 18.7. The van der Waals surface area contributed by atoms with Crippen LogP contribution in [0.2, 0.25) is 0 Å². The van der Waals surface area contributed by atoms with Crippen molar-refractivity contribution < 1.29 is 9.59 Å². The molecule has 0 fully saturated rings. The van der Waals surface area contributed by atoms with Gasteiger partial charge >= 0.3 is 0 Å². The van der Waals surface area contributed by atoms with Gasteiger partial charge in [0, 0.05) is 13.6 Å². The maximum Gasteiger partial charge on any atom is 0.282 e. The predicted molar refractivity (Wildman–Crippen MR) is 115 cm³/mol. The molecule has 0 bridgehead atoms. The molecule has 4 heteroatoms. The molecule has 0 unspecified atom stereocenters. The van der Waals surface area contributed by atoms with Crippen molar-refractivity contribution in [3.05, 3.63) is 107 Å². The van der Waals surface area contributed by atoms with Crippen LogP contribution < -0.4 is 4.90 Å². The third kappa shape index (κ3) is 3.45. The van der Waals surface area contributed by atoms with Crippen molar-refractivity contribution >= 4 is 23.1 Å². The Morgan fingerprint density at radius 3 is 2.00 bits per heavy atom. The number of aryl methyl sites for hydroxylation is 1. The average molecular weight is 382 g/mol. The van der Waals surface area contributed by atoms with Crippen molar-refractivity contribution in [2.24, 2.45) is 0 Å². The average Bonchev–Trinajstić information content (AvgIpc) is 3.00. The van der Waals surface area contributed by atoms with E-state index in [0.717, 1.165) is 16.7 Å². The summed E-state index contributed by atoms with van der Waals surface area (Å²) in [5, 5.41) is 0. The van der Waals surface area contributed by atoms with Crippen LogP contribution in [-0.4, -0.2) is 23.8 Å². The van der Waals surface area contributed by atoms with Crippen LogP contribution in [0, 0.1) is 6.92 Å². The highest BCUT2D eigenvalue weighted by atomic mass is 16.2. The third-order valence-corrected chi connectivity index (χ3v) is 5.12. The molecule has 144 valence electrons. The van der Waals surface area contributed by atoms with Crippen LogP contribution in [0.4, 0.5) is 5.69 Å². The first-order chi connectivity index (χ1) is 14.1. The van der Waals surface area contributed by atoms with Gasteiger partial charge in [-0.25, -0.2) is 4.90 Å². The normalized spacial score (nSPS) is 13.9. The van der Waals surface area contributed by atoms with Crippen molar-refractivity contribution in [1.82, 2.24) is 4.90 Å². The summed E-state index contributed by atoms with van der Waals surface area (Å²) in [4.78, 5) is 30.1. The summed E-state index contributed by atoms with van der Waals surface area (Å²) in [7, 11) is 1.86. The molecule has 0 atom stereocenters. The van der Waals surface area contributed by atoms with Gasteiger partial charge in [0.1, 0.15) is 5.70 Å². The topological polar surface area (TPSA) is 40.6 Å². The summed E-state index contributed by atoms with van der Waals surface area (Å²) in [6, 6.07) is 26.8. The first-order valence-electron chi connectivity index (χ1n) is 9.57. The summed E-state index contributed by atoms with van der Waals surface area (Å²) >= 11 is 0. The predicted octanol–water partition coefficient (Wildman–Crippen LogP) is 4.41. The lowest BCUT2D eigenvalue weighted by Gasteiger charge is -2.22. The maximum atomic E-state index is 13.5. The second-order valence-corrected chi connectivity index (χ2v) is 7.16. The molecule has 1 aliphatic rings. The standard InChI is InChI=1S/C25H22N2O2/c1-18-11-9-10-16-21(18)27-24(28)22(20-14-7-4-8-15-20)23(25(27)29)26(2)17-19-12-5-3-6-13-19/h3-16H,17H2,1-2H3. The van der Waals surface area contributed by atoms with E-state index in [1.165, 1.54) is 4.90 Å². The van der Waals surface area contributed by atoms with Crippen molar-refractivity contribution in [3.8, 4) is 0 Å². The number of benzene rings is 3. The minimum Gasteiger partial charge on any atom is -0.365 e. The fraction of sp³-hybridized carbons (Fsp3) is 0.120. The Morgan fingerprint density at radius 1 is 0.759 bits per heavy atom. The zero-order valence-electron chi connectivity index (χ0n) is 16.5. The molecule has 2 amide bonds. The number of rotatable bonds is 5. The molecule has 3 aromatic rings. The molecule has 0 radical (unpaired) electrons. The van der Waals surface area contributed by atoms with Gasteiger partial charge in [-0.1, -0.05) is 78.9 Å². The van der Waals surface area contributed by atoms with E-state index in [0.29, 0.717) is 23.5 Å². The first-order valence-corrected chi connectivity index (χ1v) is 9.57. The summed E-state index contributed by atoms with van der Waals surface area (Å²) in [5.41, 5.74) is 4.19. The van der Waals surface area contributed by atoms with Gasteiger partial charge in [-0.15, -0.1) is 0 Å². The molecule has 3 aromatic carbocycles. The molecule has 0 aromatic heterocycles. The van der Waals surface area contributed by atoms with Gasteiger partial charge < -0.3 is 4.90 Å². The van der Waals surface area contributed by atoms with Crippen LogP contribution in [-0.2, 0) is 16.1 Å². The summed E-state index contributed by atoms with van der Waals surface area (Å²) < 4.78 is 0. The second kappa shape index (κ2) is 7.76. The van der Waals surface area contributed by atoms with E-state index in [-0.39, 0.29) is 11.8 Å². The van der Waals surface area contributed by atoms with Crippen molar-refractivity contribution in [3.63, 3.8) is 0 Å². The lowest BCUT2D eigenvalue weighted by molar-refractivity contribution is -0.120. The molecule has 0 aliphatic carbocycles. The van der Waals surface area contributed by atoms with Crippen LogP contribution >= 0.6 is 0 Å².